The number of rotatable bonds is 9. The van der Waals surface area contributed by atoms with Gasteiger partial charge in [0, 0.05) is 30.4 Å². The number of carboxylic acid groups (broad SMARTS) is 1. The SMILES string of the molecule is N[C@@H](CC(=O)O)Cn1nnc(-c2ccc(OCCc3ccccn3)cc2F)n1. The molecule has 0 aliphatic carbocycles. The summed E-state index contributed by atoms with van der Waals surface area (Å²) < 4.78 is 20.0. The summed E-state index contributed by atoms with van der Waals surface area (Å²) in [6.07, 6.45) is 2.09. The highest BCUT2D eigenvalue weighted by Gasteiger charge is 2.15. The number of benzene rings is 1. The summed E-state index contributed by atoms with van der Waals surface area (Å²) in [5, 5.41) is 20.4. The fourth-order valence-corrected chi connectivity index (χ4v) is 2.51. The third-order valence-corrected chi connectivity index (χ3v) is 3.82. The lowest BCUT2D eigenvalue weighted by molar-refractivity contribution is -0.137. The summed E-state index contributed by atoms with van der Waals surface area (Å²) in [5.41, 5.74) is 6.74. The van der Waals surface area contributed by atoms with E-state index in [1.807, 2.05) is 18.2 Å². The number of tetrazole rings is 1. The minimum Gasteiger partial charge on any atom is -0.493 e. The second kappa shape index (κ2) is 9.00. The van der Waals surface area contributed by atoms with Crippen LogP contribution in [0.3, 0.4) is 0 Å². The number of hydrogen-bond donors (Lipinski definition) is 2. The van der Waals surface area contributed by atoms with Crippen LogP contribution < -0.4 is 10.5 Å². The largest absolute Gasteiger partial charge is 0.493 e. The standard InChI is InChI=1S/C18H19FN6O3/c19-16-10-14(28-8-6-13-3-1-2-7-21-13)4-5-15(16)18-22-24-25(23-18)11-12(20)9-17(26)27/h1-5,7,10,12H,6,8-9,11,20H2,(H,26,27)/t12-/m0/s1. The average molecular weight is 386 g/mol. The highest BCUT2D eigenvalue weighted by molar-refractivity contribution is 5.67. The van der Waals surface area contributed by atoms with Gasteiger partial charge in [-0.05, 0) is 29.5 Å². The molecule has 0 saturated heterocycles. The molecule has 0 aliphatic rings. The first kappa shape index (κ1) is 19.4. The van der Waals surface area contributed by atoms with Gasteiger partial charge < -0.3 is 15.6 Å². The minimum atomic E-state index is -1.02. The Morgan fingerprint density at radius 3 is 2.89 bits per heavy atom. The molecule has 10 heteroatoms. The molecular weight excluding hydrogens is 367 g/mol. The fourth-order valence-electron chi connectivity index (χ4n) is 2.51. The molecule has 0 bridgehead atoms. The first-order valence-electron chi connectivity index (χ1n) is 8.59. The monoisotopic (exact) mass is 386 g/mol. The molecule has 1 aromatic carbocycles. The zero-order valence-electron chi connectivity index (χ0n) is 14.9. The molecule has 0 aliphatic heterocycles. The van der Waals surface area contributed by atoms with Crippen LogP contribution in [-0.4, -0.2) is 48.9 Å². The number of carbonyl (C=O) groups is 1. The van der Waals surface area contributed by atoms with Crippen molar-refractivity contribution in [1.29, 1.82) is 0 Å². The molecule has 2 aromatic heterocycles. The molecule has 146 valence electrons. The summed E-state index contributed by atoms with van der Waals surface area (Å²) in [6, 6.07) is 9.33. The van der Waals surface area contributed by atoms with Crippen molar-refractivity contribution >= 4 is 5.97 Å². The van der Waals surface area contributed by atoms with Crippen LogP contribution in [0.4, 0.5) is 4.39 Å². The summed E-state index contributed by atoms with van der Waals surface area (Å²) in [7, 11) is 0. The molecule has 0 unspecified atom stereocenters. The van der Waals surface area contributed by atoms with Gasteiger partial charge in [0.1, 0.15) is 11.6 Å². The predicted octanol–water partition coefficient (Wildman–Crippen LogP) is 1.30. The van der Waals surface area contributed by atoms with Gasteiger partial charge in [0.15, 0.2) is 0 Å². The third-order valence-electron chi connectivity index (χ3n) is 3.82. The van der Waals surface area contributed by atoms with Crippen LogP contribution in [0.2, 0.25) is 0 Å². The van der Waals surface area contributed by atoms with Crippen LogP contribution in [0.5, 0.6) is 5.75 Å². The lowest BCUT2D eigenvalue weighted by atomic mass is 10.2. The van der Waals surface area contributed by atoms with E-state index in [1.54, 1.807) is 12.3 Å². The van der Waals surface area contributed by atoms with Crippen LogP contribution in [0.25, 0.3) is 11.4 Å². The third kappa shape index (κ3) is 5.30. The Hall–Kier alpha value is -3.40. The number of carboxylic acids is 1. The smallest absolute Gasteiger partial charge is 0.304 e. The molecule has 1 atom stereocenters. The van der Waals surface area contributed by atoms with Gasteiger partial charge >= 0.3 is 5.97 Å². The molecule has 0 fully saturated rings. The second-order valence-electron chi connectivity index (χ2n) is 6.09. The van der Waals surface area contributed by atoms with Crippen molar-refractivity contribution in [3.63, 3.8) is 0 Å². The Balaban J connectivity index is 1.60. The van der Waals surface area contributed by atoms with E-state index in [4.69, 9.17) is 15.6 Å². The molecule has 3 rings (SSSR count). The van der Waals surface area contributed by atoms with Crippen molar-refractivity contribution < 1.29 is 19.0 Å². The van der Waals surface area contributed by atoms with Crippen LogP contribution in [0.15, 0.2) is 42.6 Å². The maximum absolute atomic E-state index is 14.4. The molecule has 0 spiro atoms. The zero-order chi connectivity index (χ0) is 19.9. The van der Waals surface area contributed by atoms with Gasteiger partial charge in [-0.25, -0.2) is 4.39 Å². The van der Waals surface area contributed by atoms with Crippen molar-refractivity contribution in [3.05, 3.63) is 54.1 Å². The highest BCUT2D eigenvalue weighted by atomic mass is 19.1. The summed E-state index contributed by atoms with van der Waals surface area (Å²) >= 11 is 0. The van der Waals surface area contributed by atoms with Crippen molar-refractivity contribution in [2.24, 2.45) is 5.73 Å². The Bertz CT molecular complexity index is 934. The lowest BCUT2D eigenvalue weighted by Crippen LogP contribution is -2.30. The number of aromatic nitrogens is 5. The zero-order valence-corrected chi connectivity index (χ0v) is 14.9. The maximum atomic E-state index is 14.4. The van der Waals surface area contributed by atoms with Gasteiger partial charge in [-0.15, -0.1) is 10.2 Å². The number of hydrogen-bond acceptors (Lipinski definition) is 7. The molecule has 0 radical (unpaired) electrons. The van der Waals surface area contributed by atoms with Crippen LogP contribution in [-0.2, 0) is 17.8 Å². The van der Waals surface area contributed by atoms with Crippen molar-refractivity contribution in [3.8, 4) is 17.1 Å². The lowest BCUT2D eigenvalue weighted by Gasteiger charge is -2.07. The van der Waals surface area contributed by atoms with E-state index in [-0.39, 0.29) is 24.4 Å². The Morgan fingerprint density at radius 2 is 2.18 bits per heavy atom. The first-order chi connectivity index (χ1) is 13.5. The normalized spacial score (nSPS) is 11.9. The van der Waals surface area contributed by atoms with E-state index in [2.05, 4.69) is 20.4 Å². The number of nitrogens with zero attached hydrogens (tertiary/aromatic N) is 5. The summed E-state index contributed by atoms with van der Waals surface area (Å²) in [6.45, 7) is 0.432. The molecule has 0 amide bonds. The summed E-state index contributed by atoms with van der Waals surface area (Å²) in [4.78, 5) is 16.0. The molecule has 2 heterocycles. The van der Waals surface area contributed by atoms with Gasteiger partial charge in [-0.3, -0.25) is 9.78 Å². The van der Waals surface area contributed by atoms with Crippen molar-refractivity contribution in [2.75, 3.05) is 6.61 Å². The van der Waals surface area contributed by atoms with Crippen LogP contribution in [0.1, 0.15) is 12.1 Å². The second-order valence-corrected chi connectivity index (χ2v) is 6.09. The topological polar surface area (TPSA) is 129 Å². The first-order valence-corrected chi connectivity index (χ1v) is 8.59. The number of nitrogens with two attached hydrogens (primary N) is 1. The van der Waals surface area contributed by atoms with Gasteiger partial charge in [-0.2, -0.15) is 4.80 Å². The molecular formula is C18H19FN6O3. The predicted molar refractivity (Wildman–Crippen MR) is 96.9 cm³/mol. The molecule has 9 nitrogen and oxygen atoms in total. The minimum absolute atomic E-state index is 0.0651. The van der Waals surface area contributed by atoms with Crippen LogP contribution >= 0.6 is 0 Å². The van der Waals surface area contributed by atoms with E-state index in [0.717, 1.165) is 10.5 Å². The average Bonchev–Trinajstić information content (AvgIpc) is 3.10. The van der Waals surface area contributed by atoms with Crippen LogP contribution in [0, 0.1) is 5.82 Å². The van der Waals surface area contributed by atoms with Gasteiger partial charge in [0.05, 0.1) is 25.1 Å². The highest BCUT2D eigenvalue weighted by Crippen LogP contribution is 2.23. The Kier molecular flexibility index (Phi) is 6.22. The molecule has 28 heavy (non-hydrogen) atoms. The maximum Gasteiger partial charge on any atom is 0.304 e. The molecule has 3 aromatic rings. The van der Waals surface area contributed by atoms with Gasteiger partial charge in [-0.1, -0.05) is 6.07 Å². The Labute approximate surface area is 160 Å². The van der Waals surface area contributed by atoms with E-state index in [0.29, 0.717) is 18.8 Å². The van der Waals surface area contributed by atoms with Gasteiger partial charge in [0.25, 0.3) is 0 Å². The number of aliphatic carboxylic acids is 1. The summed E-state index contributed by atoms with van der Waals surface area (Å²) in [5.74, 6) is -1.10. The van der Waals surface area contributed by atoms with E-state index >= 15 is 0 Å². The quantitative estimate of drug-likeness (QED) is 0.563. The van der Waals surface area contributed by atoms with E-state index < -0.39 is 17.8 Å². The molecule has 3 N–H and O–H groups in total. The van der Waals surface area contributed by atoms with E-state index in [1.165, 1.54) is 12.1 Å². The molecule has 0 saturated carbocycles. The van der Waals surface area contributed by atoms with Crippen molar-refractivity contribution in [1.82, 2.24) is 25.2 Å². The van der Waals surface area contributed by atoms with Gasteiger partial charge in [0.2, 0.25) is 5.82 Å². The van der Waals surface area contributed by atoms with E-state index in [9.17, 15) is 9.18 Å². The Morgan fingerprint density at radius 1 is 1.32 bits per heavy atom. The number of pyridine rings is 1. The number of halogens is 1. The fraction of sp³-hybridized carbons (Fsp3) is 0.278. The number of ether oxygens (including phenoxy) is 1. The van der Waals surface area contributed by atoms with Crippen molar-refractivity contribution in [2.45, 2.75) is 25.4 Å².